The highest BCUT2D eigenvalue weighted by molar-refractivity contribution is 5.33. The number of nitrogens with zero attached hydrogens (tertiary/aromatic N) is 1. The Morgan fingerprint density at radius 2 is 0.958 bits per heavy atom. The summed E-state index contributed by atoms with van der Waals surface area (Å²) in [5.74, 6) is 1.90. The van der Waals surface area contributed by atoms with Crippen LogP contribution in [0.15, 0.2) is 36.4 Å². The maximum atomic E-state index is 5.85. The molecule has 130 valence electrons. The van der Waals surface area contributed by atoms with Crippen molar-refractivity contribution in [2.24, 2.45) is 0 Å². The zero-order chi connectivity index (χ0) is 17.5. The van der Waals surface area contributed by atoms with E-state index in [0.717, 1.165) is 24.6 Å². The maximum absolute atomic E-state index is 5.85. The molecule has 3 heteroatoms. The maximum Gasteiger partial charge on any atom is 0.119 e. The predicted octanol–water partition coefficient (Wildman–Crippen LogP) is 4.31. The monoisotopic (exact) mass is 327 g/mol. The van der Waals surface area contributed by atoms with Crippen molar-refractivity contribution in [3.63, 3.8) is 0 Å². The Balaban J connectivity index is 1.68. The van der Waals surface area contributed by atoms with Crippen LogP contribution in [0.2, 0.25) is 0 Å². The van der Waals surface area contributed by atoms with Crippen molar-refractivity contribution in [1.82, 2.24) is 4.90 Å². The van der Waals surface area contributed by atoms with Gasteiger partial charge >= 0.3 is 0 Å². The van der Waals surface area contributed by atoms with Gasteiger partial charge in [-0.2, -0.15) is 0 Å². The topological polar surface area (TPSA) is 21.7 Å². The molecule has 0 spiro atoms. The quantitative estimate of drug-likeness (QED) is 0.721. The van der Waals surface area contributed by atoms with Crippen LogP contribution >= 0.6 is 0 Å². The molecule has 0 unspecified atom stereocenters. The first-order chi connectivity index (χ1) is 11.4. The van der Waals surface area contributed by atoms with Crippen molar-refractivity contribution in [2.75, 3.05) is 33.4 Å². The first-order valence-corrected chi connectivity index (χ1v) is 8.53. The van der Waals surface area contributed by atoms with E-state index >= 15 is 0 Å². The molecule has 24 heavy (non-hydrogen) atoms. The van der Waals surface area contributed by atoms with E-state index in [-0.39, 0.29) is 0 Å². The van der Waals surface area contributed by atoms with Gasteiger partial charge in [0.25, 0.3) is 0 Å². The summed E-state index contributed by atoms with van der Waals surface area (Å²) in [5.41, 5.74) is 4.95. The average molecular weight is 327 g/mol. The standard InChI is InChI=1S/C21H29NO2/c1-16-10-17(2)13-20(12-16)23-8-6-22(5)7-9-24-21-14-18(3)11-19(4)15-21/h10-15H,6-9H2,1-5H3. The Labute approximate surface area is 146 Å². The molecule has 0 aliphatic rings. The first-order valence-electron chi connectivity index (χ1n) is 8.53. The fourth-order valence-corrected chi connectivity index (χ4v) is 2.78. The van der Waals surface area contributed by atoms with Gasteiger partial charge in [-0.25, -0.2) is 0 Å². The minimum absolute atomic E-state index is 0.683. The van der Waals surface area contributed by atoms with Crippen LogP contribution in [0.3, 0.4) is 0 Å². The van der Waals surface area contributed by atoms with Gasteiger partial charge in [-0.3, -0.25) is 4.90 Å². The van der Waals surface area contributed by atoms with Crippen LogP contribution in [-0.2, 0) is 0 Å². The summed E-state index contributed by atoms with van der Waals surface area (Å²) in [6, 6.07) is 12.6. The van der Waals surface area contributed by atoms with Crippen LogP contribution in [0.1, 0.15) is 22.3 Å². The summed E-state index contributed by atoms with van der Waals surface area (Å²) in [4.78, 5) is 2.23. The van der Waals surface area contributed by atoms with Crippen LogP contribution < -0.4 is 9.47 Å². The fraction of sp³-hybridized carbons (Fsp3) is 0.429. The number of hydrogen-bond acceptors (Lipinski definition) is 3. The normalized spacial score (nSPS) is 10.9. The third-order valence-electron chi connectivity index (χ3n) is 3.87. The van der Waals surface area contributed by atoms with Crippen molar-refractivity contribution in [1.29, 1.82) is 0 Å². The second-order valence-corrected chi connectivity index (χ2v) is 6.65. The van der Waals surface area contributed by atoms with Crippen molar-refractivity contribution in [3.8, 4) is 11.5 Å². The lowest BCUT2D eigenvalue weighted by atomic mass is 10.1. The Hall–Kier alpha value is -2.00. The van der Waals surface area contributed by atoms with Gasteiger partial charge in [0.1, 0.15) is 24.7 Å². The van der Waals surface area contributed by atoms with Crippen molar-refractivity contribution < 1.29 is 9.47 Å². The summed E-state index contributed by atoms with van der Waals surface area (Å²) in [7, 11) is 2.09. The molecule has 0 aliphatic heterocycles. The molecule has 0 atom stereocenters. The van der Waals surface area contributed by atoms with Gasteiger partial charge in [-0.05, 0) is 81.3 Å². The predicted molar refractivity (Wildman–Crippen MR) is 100 cm³/mol. The van der Waals surface area contributed by atoms with Crippen LogP contribution in [0.25, 0.3) is 0 Å². The second-order valence-electron chi connectivity index (χ2n) is 6.65. The highest BCUT2D eigenvalue weighted by Gasteiger charge is 2.02. The van der Waals surface area contributed by atoms with E-state index < -0.39 is 0 Å². The van der Waals surface area contributed by atoms with E-state index in [9.17, 15) is 0 Å². The molecular weight excluding hydrogens is 298 g/mol. The zero-order valence-corrected chi connectivity index (χ0v) is 15.6. The van der Waals surface area contributed by atoms with Gasteiger partial charge in [0.05, 0.1) is 0 Å². The van der Waals surface area contributed by atoms with E-state index in [1.54, 1.807) is 0 Å². The lowest BCUT2D eigenvalue weighted by Gasteiger charge is -2.18. The van der Waals surface area contributed by atoms with Gasteiger partial charge < -0.3 is 9.47 Å². The molecule has 0 aliphatic carbocycles. The van der Waals surface area contributed by atoms with Crippen LogP contribution in [0.5, 0.6) is 11.5 Å². The van der Waals surface area contributed by atoms with E-state index in [0.29, 0.717) is 13.2 Å². The Morgan fingerprint density at radius 1 is 0.625 bits per heavy atom. The lowest BCUT2D eigenvalue weighted by Crippen LogP contribution is -2.28. The van der Waals surface area contributed by atoms with Crippen LogP contribution in [0, 0.1) is 27.7 Å². The number of ether oxygens (including phenoxy) is 2. The average Bonchev–Trinajstić information content (AvgIpc) is 2.45. The Morgan fingerprint density at radius 3 is 1.29 bits per heavy atom. The molecule has 0 bridgehead atoms. The molecule has 0 saturated carbocycles. The second kappa shape index (κ2) is 8.74. The van der Waals surface area contributed by atoms with E-state index in [1.807, 2.05) is 0 Å². The summed E-state index contributed by atoms with van der Waals surface area (Å²) in [6.07, 6.45) is 0. The minimum Gasteiger partial charge on any atom is -0.492 e. The zero-order valence-electron chi connectivity index (χ0n) is 15.6. The van der Waals surface area contributed by atoms with Crippen molar-refractivity contribution >= 4 is 0 Å². The molecule has 0 amide bonds. The summed E-state index contributed by atoms with van der Waals surface area (Å²) in [5, 5.41) is 0. The molecule has 0 heterocycles. The smallest absolute Gasteiger partial charge is 0.119 e. The lowest BCUT2D eigenvalue weighted by molar-refractivity contribution is 0.202. The highest BCUT2D eigenvalue weighted by Crippen LogP contribution is 2.17. The summed E-state index contributed by atoms with van der Waals surface area (Å²) < 4.78 is 11.7. The molecule has 2 aromatic rings. The number of rotatable bonds is 8. The van der Waals surface area contributed by atoms with Gasteiger partial charge in [0.15, 0.2) is 0 Å². The van der Waals surface area contributed by atoms with Crippen LogP contribution in [0.4, 0.5) is 0 Å². The van der Waals surface area contributed by atoms with Gasteiger partial charge in [-0.15, -0.1) is 0 Å². The Kier molecular flexibility index (Phi) is 6.68. The van der Waals surface area contributed by atoms with Gasteiger partial charge in [-0.1, -0.05) is 12.1 Å². The number of benzene rings is 2. The number of hydrogen-bond donors (Lipinski definition) is 0. The number of aryl methyl sites for hydroxylation is 4. The molecule has 2 rings (SSSR count). The molecular formula is C21H29NO2. The summed E-state index contributed by atoms with van der Waals surface area (Å²) in [6.45, 7) is 11.5. The third-order valence-corrected chi connectivity index (χ3v) is 3.87. The van der Waals surface area contributed by atoms with Crippen LogP contribution in [-0.4, -0.2) is 38.3 Å². The molecule has 0 fully saturated rings. The molecule has 0 radical (unpaired) electrons. The largest absolute Gasteiger partial charge is 0.492 e. The van der Waals surface area contributed by atoms with E-state index in [4.69, 9.17) is 9.47 Å². The van der Waals surface area contributed by atoms with Gasteiger partial charge in [0.2, 0.25) is 0 Å². The van der Waals surface area contributed by atoms with Gasteiger partial charge in [0, 0.05) is 13.1 Å². The molecule has 3 nitrogen and oxygen atoms in total. The molecule has 0 N–H and O–H groups in total. The first kappa shape index (κ1) is 18.3. The highest BCUT2D eigenvalue weighted by atomic mass is 16.5. The minimum atomic E-state index is 0.683. The fourth-order valence-electron chi connectivity index (χ4n) is 2.78. The number of likely N-dealkylation sites (N-methyl/N-ethyl adjacent to an activating group) is 1. The Bertz CT molecular complexity index is 569. The molecule has 2 aromatic carbocycles. The van der Waals surface area contributed by atoms with E-state index in [1.165, 1.54) is 22.3 Å². The SMILES string of the molecule is Cc1cc(C)cc(OCCN(C)CCOc2cc(C)cc(C)c2)c1. The summed E-state index contributed by atoms with van der Waals surface area (Å²) >= 11 is 0. The third kappa shape index (κ3) is 6.25. The van der Waals surface area contributed by atoms with Crippen molar-refractivity contribution in [2.45, 2.75) is 27.7 Å². The molecule has 0 aromatic heterocycles. The van der Waals surface area contributed by atoms with E-state index in [2.05, 4.69) is 76.0 Å². The molecule has 0 saturated heterocycles. The van der Waals surface area contributed by atoms with Crippen molar-refractivity contribution in [3.05, 3.63) is 58.7 Å².